The molecule has 1 saturated heterocycles. The van der Waals surface area contributed by atoms with Crippen LogP contribution in [0.4, 0.5) is 0 Å². The fraction of sp³-hybridized carbons (Fsp3) is 0.368. The highest BCUT2D eigenvalue weighted by atomic mass is 32.1. The summed E-state index contributed by atoms with van der Waals surface area (Å²) in [5.74, 6) is 5.87. The third kappa shape index (κ3) is 4.59. The molecule has 0 amide bonds. The largest absolute Gasteiger partial charge is 0.469 e. The first-order valence-corrected chi connectivity index (χ1v) is 8.66. The van der Waals surface area contributed by atoms with Crippen molar-refractivity contribution in [3.05, 3.63) is 47.0 Å². The van der Waals surface area contributed by atoms with Gasteiger partial charge in [-0.2, -0.15) is 0 Å². The number of likely N-dealkylation sites (tertiary alicyclic amines) is 1. The molecule has 0 aromatic carbocycles. The summed E-state index contributed by atoms with van der Waals surface area (Å²) in [6, 6.07) is 0. The topological polar surface area (TPSA) is 42.4 Å². The molecule has 1 unspecified atom stereocenters. The summed E-state index contributed by atoms with van der Waals surface area (Å²) in [7, 11) is 1.44. The summed E-state index contributed by atoms with van der Waals surface area (Å²) < 4.78 is 4.87. The summed E-state index contributed by atoms with van der Waals surface area (Å²) in [6.07, 6.45) is 7.19. The zero-order valence-corrected chi connectivity index (χ0v) is 15.0. The summed E-state index contributed by atoms with van der Waals surface area (Å²) in [5, 5.41) is 0.754. The first-order valence-electron chi connectivity index (χ1n) is 7.84. The molecule has 5 heteroatoms. The van der Waals surface area contributed by atoms with E-state index in [-0.39, 0.29) is 11.9 Å². The summed E-state index contributed by atoms with van der Waals surface area (Å²) in [5.41, 5.74) is 1.84. The van der Waals surface area contributed by atoms with Crippen LogP contribution in [0.5, 0.6) is 0 Å². The molecule has 4 nitrogen and oxygen atoms in total. The van der Waals surface area contributed by atoms with Crippen molar-refractivity contribution in [1.82, 2.24) is 9.88 Å². The first-order chi connectivity index (χ1) is 11.5. The van der Waals surface area contributed by atoms with Crippen LogP contribution in [-0.4, -0.2) is 36.1 Å². The van der Waals surface area contributed by atoms with Crippen LogP contribution in [0.2, 0.25) is 0 Å². The van der Waals surface area contributed by atoms with Crippen LogP contribution < -0.4 is 0 Å². The van der Waals surface area contributed by atoms with Gasteiger partial charge in [0.25, 0.3) is 0 Å². The van der Waals surface area contributed by atoms with E-state index in [0.717, 1.165) is 40.5 Å². The summed E-state index contributed by atoms with van der Waals surface area (Å²) in [4.78, 5) is 19.2. The van der Waals surface area contributed by atoms with Gasteiger partial charge < -0.3 is 9.64 Å². The van der Waals surface area contributed by atoms with Crippen molar-refractivity contribution in [3.8, 4) is 11.8 Å². The number of hydrogen-bond donors (Lipinski definition) is 0. The van der Waals surface area contributed by atoms with Crippen LogP contribution in [0, 0.1) is 17.8 Å². The Hall–Kier alpha value is -2.32. The van der Waals surface area contributed by atoms with Crippen molar-refractivity contribution in [2.75, 3.05) is 20.2 Å². The van der Waals surface area contributed by atoms with Gasteiger partial charge in [0.05, 0.1) is 17.9 Å². The van der Waals surface area contributed by atoms with Crippen molar-refractivity contribution in [2.45, 2.75) is 19.8 Å². The molecule has 0 radical (unpaired) electrons. The molecular weight excluding hydrogens is 320 g/mol. The van der Waals surface area contributed by atoms with Gasteiger partial charge in [-0.05, 0) is 31.3 Å². The Morgan fingerprint density at radius 3 is 3.08 bits per heavy atom. The number of esters is 1. The predicted octanol–water partition coefficient (Wildman–Crippen LogP) is 3.48. The van der Waals surface area contributed by atoms with Crippen molar-refractivity contribution in [2.24, 2.45) is 5.92 Å². The number of methoxy groups -OCH3 is 1. The van der Waals surface area contributed by atoms with Crippen LogP contribution in [0.25, 0.3) is 5.70 Å². The lowest BCUT2D eigenvalue weighted by atomic mass is 9.98. The van der Waals surface area contributed by atoms with E-state index in [2.05, 4.69) is 34.9 Å². The minimum absolute atomic E-state index is 0.0839. The fourth-order valence-corrected chi connectivity index (χ4v) is 3.34. The maximum Gasteiger partial charge on any atom is 0.310 e. The number of nitrogens with zero attached hydrogens (tertiary/aromatic N) is 2. The first kappa shape index (κ1) is 18.0. The molecule has 1 fully saturated rings. The molecule has 2 heterocycles. The quantitative estimate of drug-likeness (QED) is 0.477. The lowest BCUT2D eigenvalue weighted by Gasteiger charge is -2.33. The molecule has 0 N–H and O–H groups in total. The average Bonchev–Trinajstić information content (AvgIpc) is 3.08. The highest BCUT2D eigenvalue weighted by Gasteiger charge is 2.27. The highest BCUT2D eigenvalue weighted by molar-refractivity contribution is 7.13. The molecule has 0 aliphatic carbocycles. The number of ether oxygens (including phenoxy) is 1. The van der Waals surface area contributed by atoms with E-state index in [0.29, 0.717) is 6.54 Å². The van der Waals surface area contributed by atoms with Gasteiger partial charge in [0.2, 0.25) is 0 Å². The van der Waals surface area contributed by atoms with Crippen molar-refractivity contribution in [1.29, 1.82) is 0 Å². The lowest BCUT2D eigenvalue weighted by molar-refractivity contribution is -0.146. The van der Waals surface area contributed by atoms with Crippen LogP contribution >= 0.6 is 11.3 Å². The SMILES string of the molecule is C=C/C=C(\C)C#Cc1ncc(C(=C)N2CCCC(C(=O)OC)C2)s1. The second-order valence-corrected chi connectivity index (χ2v) is 6.65. The molecule has 126 valence electrons. The standard InChI is InChI=1S/C19H22N2O2S/c1-5-7-14(2)9-10-18-20-12-17(24-18)15(3)21-11-6-8-16(13-21)19(22)23-4/h5,7,12,16H,1,3,6,8,11,13H2,2,4H3/b14-7+. The molecule has 1 aromatic heterocycles. The van der Waals surface area contributed by atoms with Crippen LogP contribution in [-0.2, 0) is 9.53 Å². The normalized spacial score (nSPS) is 17.7. The maximum absolute atomic E-state index is 11.8. The summed E-state index contributed by atoms with van der Waals surface area (Å²) >= 11 is 1.51. The highest BCUT2D eigenvalue weighted by Crippen LogP contribution is 2.28. The Morgan fingerprint density at radius 1 is 1.58 bits per heavy atom. The van der Waals surface area contributed by atoms with Crippen molar-refractivity contribution >= 4 is 23.0 Å². The number of hydrogen-bond acceptors (Lipinski definition) is 5. The Bertz CT molecular complexity index is 721. The second kappa shape index (κ2) is 8.51. The minimum Gasteiger partial charge on any atom is -0.469 e. The zero-order valence-electron chi connectivity index (χ0n) is 14.2. The van der Waals surface area contributed by atoms with Crippen molar-refractivity contribution < 1.29 is 9.53 Å². The van der Waals surface area contributed by atoms with E-state index in [9.17, 15) is 4.79 Å². The van der Waals surface area contributed by atoms with Gasteiger partial charge in [0, 0.05) is 25.0 Å². The average molecular weight is 342 g/mol. The molecule has 0 bridgehead atoms. The number of carbonyl (C=O) groups excluding carboxylic acids is 1. The van der Waals surface area contributed by atoms with Gasteiger partial charge in [-0.15, -0.1) is 11.3 Å². The maximum atomic E-state index is 11.8. The molecule has 1 atom stereocenters. The van der Waals surface area contributed by atoms with E-state index in [1.165, 1.54) is 18.4 Å². The Balaban J connectivity index is 2.06. The van der Waals surface area contributed by atoms with Gasteiger partial charge in [-0.3, -0.25) is 4.79 Å². The monoisotopic (exact) mass is 342 g/mol. The minimum atomic E-state index is -0.146. The molecule has 24 heavy (non-hydrogen) atoms. The zero-order chi connectivity index (χ0) is 17.5. The molecule has 1 aliphatic rings. The lowest BCUT2D eigenvalue weighted by Crippen LogP contribution is -2.37. The van der Waals surface area contributed by atoms with Crippen LogP contribution in [0.3, 0.4) is 0 Å². The van der Waals surface area contributed by atoms with Crippen LogP contribution in [0.15, 0.2) is 37.1 Å². The molecular formula is C19H22N2O2S. The van der Waals surface area contributed by atoms with Gasteiger partial charge in [0.15, 0.2) is 5.01 Å². The molecule has 1 aromatic rings. The number of carbonyl (C=O) groups is 1. The number of allylic oxidation sites excluding steroid dienone is 3. The van der Waals surface area contributed by atoms with Crippen molar-refractivity contribution in [3.63, 3.8) is 0 Å². The van der Waals surface area contributed by atoms with E-state index < -0.39 is 0 Å². The third-order valence-corrected chi connectivity index (χ3v) is 4.82. The van der Waals surface area contributed by atoms with Gasteiger partial charge in [-0.1, -0.05) is 31.2 Å². The second-order valence-electron chi connectivity index (χ2n) is 5.62. The summed E-state index contributed by atoms with van der Waals surface area (Å²) in [6.45, 7) is 11.3. The molecule has 1 aliphatic heterocycles. The predicted molar refractivity (Wildman–Crippen MR) is 98.3 cm³/mol. The third-order valence-electron chi connectivity index (χ3n) is 3.86. The van der Waals surface area contributed by atoms with Gasteiger partial charge >= 0.3 is 5.97 Å². The number of rotatable bonds is 4. The fourth-order valence-electron chi connectivity index (χ4n) is 2.57. The van der Waals surface area contributed by atoms with E-state index in [1.54, 1.807) is 12.3 Å². The van der Waals surface area contributed by atoms with Crippen LogP contribution in [0.1, 0.15) is 29.7 Å². The molecule has 0 spiro atoms. The van der Waals surface area contributed by atoms with Gasteiger partial charge in [-0.25, -0.2) is 4.98 Å². The number of aromatic nitrogens is 1. The molecule has 0 saturated carbocycles. The van der Waals surface area contributed by atoms with E-state index >= 15 is 0 Å². The van der Waals surface area contributed by atoms with E-state index in [1.807, 2.05) is 13.0 Å². The molecule has 2 rings (SSSR count). The number of thiazole rings is 1. The smallest absolute Gasteiger partial charge is 0.310 e. The Morgan fingerprint density at radius 2 is 2.38 bits per heavy atom. The van der Waals surface area contributed by atoms with Gasteiger partial charge in [0.1, 0.15) is 0 Å². The number of piperidine rings is 1. The Labute approximate surface area is 147 Å². The Kier molecular flexibility index (Phi) is 6.39. The van der Waals surface area contributed by atoms with E-state index in [4.69, 9.17) is 4.74 Å².